The van der Waals surface area contributed by atoms with Crippen molar-refractivity contribution in [2.24, 2.45) is 5.92 Å². The van der Waals surface area contributed by atoms with E-state index in [1.807, 2.05) is 18.3 Å². The molecule has 3 heteroatoms. The molecule has 1 aliphatic rings. The maximum absolute atomic E-state index is 11.9. The molecule has 1 N–H and O–H groups in total. The summed E-state index contributed by atoms with van der Waals surface area (Å²) in [5.74, 6) is 0.576. The molecule has 0 aromatic carbocycles. The minimum absolute atomic E-state index is 0.0634. The average molecular weight is 260 g/mol. The van der Waals surface area contributed by atoms with Crippen molar-refractivity contribution < 1.29 is 4.79 Å². The quantitative estimate of drug-likeness (QED) is 0.884. The van der Waals surface area contributed by atoms with Crippen LogP contribution in [0.3, 0.4) is 0 Å². The van der Waals surface area contributed by atoms with Crippen LogP contribution in [-0.4, -0.2) is 17.4 Å². The van der Waals surface area contributed by atoms with Crippen LogP contribution < -0.4 is 5.32 Å². The van der Waals surface area contributed by atoms with Crippen LogP contribution in [0.25, 0.3) is 0 Å². The molecule has 0 atom stereocenters. The Kier molecular flexibility index (Phi) is 4.56. The van der Waals surface area contributed by atoms with Gasteiger partial charge in [0.15, 0.2) is 0 Å². The fraction of sp³-hybridized carbons (Fsp3) is 0.625. The van der Waals surface area contributed by atoms with Crippen LogP contribution in [0.2, 0.25) is 0 Å². The zero-order valence-electron chi connectivity index (χ0n) is 12.0. The number of amides is 1. The first-order valence-electron chi connectivity index (χ1n) is 7.31. The van der Waals surface area contributed by atoms with Gasteiger partial charge in [-0.15, -0.1) is 0 Å². The van der Waals surface area contributed by atoms with Gasteiger partial charge in [0.05, 0.1) is 0 Å². The van der Waals surface area contributed by atoms with Gasteiger partial charge in [0.25, 0.3) is 0 Å². The van der Waals surface area contributed by atoms with Gasteiger partial charge in [0.1, 0.15) is 0 Å². The molecule has 2 rings (SSSR count). The van der Waals surface area contributed by atoms with Gasteiger partial charge in [-0.3, -0.25) is 9.78 Å². The van der Waals surface area contributed by atoms with Crippen molar-refractivity contribution in [3.05, 3.63) is 30.1 Å². The van der Waals surface area contributed by atoms with E-state index in [0.717, 1.165) is 25.1 Å². The second-order valence-electron chi connectivity index (χ2n) is 6.08. The summed E-state index contributed by atoms with van der Waals surface area (Å²) in [4.78, 5) is 16.4. The highest BCUT2D eigenvalue weighted by Gasteiger charge is 2.36. The number of nitrogens with zero attached hydrogens (tertiary/aromatic N) is 1. The fourth-order valence-electron chi connectivity index (χ4n) is 2.96. The third kappa shape index (κ3) is 3.55. The number of nitrogens with one attached hydrogen (secondary N) is 1. The molecule has 1 saturated carbocycles. The van der Waals surface area contributed by atoms with E-state index in [1.165, 1.54) is 12.8 Å². The van der Waals surface area contributed by atoms with Crippen molar-refractivity contribution in [1.82, 2.24) is 10.3 Å². The second kappa shape index (κ2) is 6.18. The van der Waals surface area contributed by atoms with E-state index in [-0.39, 0.29) is 11.3 Å². The predicted molar refractivity (Wildman–Crippen MR) is 76.8 cm³/mol. The number of carbonyl (C=O) groups is 1. The lowest BCUT2D eigenvalue weighted by Crippen LogP contribution is -2.39. The van der Waals surface area contributed by atoms with Crippen LogP contribution in [0.4, 0.5) is 0 Å². The summed E-state index contributed by atoms with van der Waals surface area (Å²) >= 11 is 0. The predicted octanol–water partition coefficient (Wildman–Crippen LogP) is 3.06. The number of rotatable bonds is 5. The minimum atomic E-state index is 0.0634. The van der Waals surface area contributed by atoms with Gasteiger partial charge < -0.3 is 5.32 Å². The third-order valence-electron chi connectivity index (χ3n) is 3.99. The molecule has 1 fully saturated rings. The Hall–Kier alpha value is -1.38. The SMILES string of the molecule is CC(C)CC(=O)NCC1(c2ccccn2)CCCC1. The van der Waals surface area contributed by atoms with Crippen molar-refractivity contribution in [3.8, 4) is 0 Å². The van der Waals surface area contributed by atoms with E-state index in [9.17, 15) is 4.79 Å². The Morgan fingerprint density at radius 1 is 1.37 bits per heavy atom. The molecule has 0 radical (unpaired) electrons. The summed E-state index contributed by atoms with van der Waals surface area (Å²) < 4.78 is 0. The monoisotopic (exact) mass is 260 g/mol. The Labute approximate surface area is 115 Å². The molecule has 0 spiro atoms. The molecule has 1 aromatic rings. The lowest BCUT2D eigenvalue weighted by atomic mass is 9.82. The Balaban J connectivity index is 2.03. The van der Waals surface area contributed by atoms with Crippen molar-refractivity contribution in [2.75, 3.05) is 6.54 Å². The van der Waals surface area contributed by atoms with E-state index in [2.05, 4.69) is 30.2 Å². The minimum Gasteiger partial charge on any atom is -0.355 e. The molecule has 3 nitrogen and oxygen atoms in total. The average Bonchev–Trinajstić information content (AvgIpc) is 2.87. The molecule has 1 aromatic heterocycles. The van der Waals surface area contributed by atoms with Crippen LogP contribution in [0.1, 0.15) is 51.6 Å². The Bertz CT molecular complexity index is 408. The molecule has 19 heavy (non-hydrogen) atoms. The first-order chi connectivity index (χ1) is 9.12. The van der Waals surface area contributed by atoms with Crippen LogP contribution >= 0.6 is 0 Å². The van der Waals surface area contributed by atoms with Crippen LogP contribution in [0.15, 0.2) is 24.4 Å². The highest BCUT2D eigenvalue weighted by Crippen LogP contribution is 2.39. The molecule has 0 unspecified atom stereocenters. The van der Waals surface area contributed by atoms with Crippen LogP contribution in [0, 0.1) is 5.92 Å². The first kappa shape index (κ1) is 14.0. The van der Waals surface area contributed by atoms with Gasteiger partial charge in [0, 0.05) is 30.3 Å². The van der Waals surface area contributed by atoms with Gasteiger partial charge in [-0.2, -0.15) is 0 Å². The normalized spacial score (nSPS) is 17.6. The van der Waals surface area contributed by atoms with E-state index < -0.39 is 0 Å². The Morgan fingerprint density at radius 2 is 2.11 bits per heavy atom. The number of pyridine rings is 1. The molecule has 104 valence electrons. The van der Waals surface area contributed by atoms with Crippen LogP contribution in [-0.2, 0) is 10.2 Å². The maximum Gasteiger partial charge on any atom is 0.220 e. The van der Waals surface area contributed by atoms with E-state index in [0.29, 0.717) is 12.3 Å². The number of aromatic nitrogens is 1. The van der Waals surface area contributed by atoms with E-state index >= 15 is 0 Å². The highest BCUT2D eigenvalue weighted by molar-refractivity contribution is 5.76. The topological polar surface area (TPSA) is 42.0 Å². The molecular formula is C16H24N2O. The molecule has 1 amide bonds. The summed E-state index contributed by atoms with van der Waals surface area (Å²) in [5.41, 5.74) is 1.20. The number of hydrogen-bond donors (Lipinski definition) is 1. The zero-order valence-corrected chi connectivity index (χ0v) is 12.0. The smallest absolute Gasteiger partial charge is 0.220 e. The van der Waals surface area contributed by atoms with Crippen LogP contribution in [0.5, 0.6) is 0 Å². The lowest BCUT2D eigenvalue weighted by molar-refractivity contribution is -0.122. The summed E-state index contributed by atoms with van der Waals surface area (Å²) in [7, 11) is 0. The Morgan fingerprint density at radius 3 is 2.68 bits per heavy atom. The standard InChI is InChI=1S/C16H24N2O/c1-13(2)11-15(19)18-12-16(8-4-5-9-16)14-7-3-6-10-17-14/h3,6-7,10,13H,4-5,8-9,11-12H2,1-2H3,(H,18,19). The third-order valence-corrected chi connectivity index (χ3v) is 3.99. The summed E-state index contributed by atoms with van der Waals surface area (Å²) in [5, 5.41) is 3.12. The summed E-state index contributed by atoms with van der Waals surface area (Å²) in [6, 6.07) is 6.09. The van der Waals surface area contributed by atoms with Crippen molar-refractivity contribution in [2.45, 2.75) is 51.4 Å². The lowest BCUT2D eigenvalue weighted by Gasteiger charge is -2.28. The second-order valence-corrected chi connectivity index (χ2v) is 6.08. The van der Waals surface area contributed by atoms with Crippen molar-refractivity contribution in [3.63, 3.8) is 0 Å². The molecular weight excluding hydrogens is 236 g/mol. The van der Waals surface area contributed by atoms with Crippen molar-refractivity contribution >= 4 is 5.91 Å². The van der Waals surface area contributed by atoms with Gasteiger partial charge in [-0.05, 0) is 30.9 Å². The van der Waals surface area contributed by atoms with Gasteiger partial charge in [-0.25, -0.2) is 0 Å². The molecule has 1 aliphatic carbocycles. The van der Waals surface area contributed by atoms with E-state index in [4.69, 9.17) is 0 Å². The van der Waals surface area contributed by atoms with E-state index in [1.54, 1.807) is 0 Å². The van der Waals surface area contributed by atoms with Crippen molar-refractivity contribution in [1.29, 1.82) is 0 Å². The number of hydrogen-bond acceptors (Lipinski definition) is 2. The largest absolute Gasteiger partial charge is 0.355 e. The van der Waals surface area contributed by atoms with Gasteiger partial charge >= 0.3 is 0 Å². The highest BCUT2D eigenvalue weighted by atomic mass is 16.1. The molecule has 1 heterocycles. The molecule has 0 saturated heterocycles. The summed E-state index contributed by atoms with van der Waals surface area (Å²) in [6.07, 6.45) is 7.19. The molecule has 0 aliphatic heterocycles. The molecule has 0 bridgehead atoms. The maximum atomic E-state index is 11.9. The number of carbonyl (C=O) groups excluding carboxylic acids is 1. The summed E-state index contributed by atoms with van der Waals surface area (Å²) in [6.45, 7) is 4.88. The van der Waals surface area contributed by atoms with Gasteiger partial charge in [-0.1, -0.05) is 32.8 Å². The first-order valence-corrected chi connectivity index (χ1v) is 7.31. The fourth-order valence-corrected chi connectivity index (χ4v) is 2.96. The zero-order chi connectivity index (χ0) is 13.7. The van der Waals surface area contributed by atoms with Gasteiger partial charge in [0.2, 0.25) is 5.91 Å².